The Morgan fingerprint density at radius 3 is 3.00 bits per heavy atom. The van der Waals surface area contributed by atoms with Crippen LogP contribution in [0.4, 0.5) is 10.1 Å². The number of carbonyl (C=O) groups excluding carboxylic acids is 1. The number of aryl methyl sites for hydroxylation is 1. The van der Waals surface area contributed by atoms with E-state index in [1.54, 1.807) is 35.9 Å². The Bertz CT molecular complexity index is 781. The van der Waals surface area contributed by atoms with Gasteiger partial charge in [-0.05, 0) is 36.8 Å². The first-order valence-electron chi connectivity index (χ1n) is 6.20. The minimum atomic E-state index is -0.476. The molecule has 1 amide bonds. The lowest BCUT2D eigenvalue weighted by molar-refractivity contribution is 0.102. The van der Waals surface area contributed by atoms with Gasteiger partial charge in [-0.15, -0.1) is 11.3 Å². The second-order valence-electron chi connectivity index (χ2n) is 4.45. The molecule has 0 unspecified atom stereocenters. The summed E-state index contributed by atoms with van der Waals surface area (Å²) in [6.45, 7) is 1.83. The van der Waals surface area contributed by atoms with Crippen LogP contribution in [0.5, 0.6) is 0 Å². The number of halogens is 1. The average Bonchev–Trinajstić information content (AvgIpc) is 3.12. The molecule has 2 heterocycles. The van der Waals surface area contributed by atoms with E-state index < -0.39 is 11.7 Å². The number of nitrogens with one attached hydrogen (secondary N) is 1. The van der Waals surface area contributed by atoms with Crippen molar-refractivity contribution in [2.75, 3.05) is 5.32 Å². The molecule has 0 saturated carbocycles. The fraction of sp³-hybridized carbons (Fsp3) is 0.0667. The van der Waals surface area contributed by atoms with E-state index in [0.717, 1.165) is 5.56 Å². The summed E-state index contributed by atoms with van der Waals surface area (Å²) in [5.41, 5.74) is 1.24. The molecule has 3 aromatic rings. The lowest BCUT2D eigenvalue weighted by Crippen LogP contribution is -2.13. The SMILES string of the molecule is Cc1ccc(F)c(NC(=O)c2csc(-c3ccco3)n2)c1. The van der Waals surface area contributed by atoms with Crippen molar-refractivity contribution in [2.24, 2.45) is 0 Å². The van der Waals surface area contributed by atoms with Crippen molar-refractivity contribution in [3.05, 3.63) is 59.0 Å². The first-order valence-corrected chi connectivity index (χ1v) is 7.08. The van der Waals surface area contributed by atoms with Crippen LogP contribution in [0, 0.1) is 12.7 Å². The van der Waals surface area contributed by atoms with Gasteiger partial charge in [-0.25, -0.2) is 9.37 Å². The number of furan rings is 1. The molecule has 4 nitrogen and oxygen atoms in total. The Hall–Kier alpha value is -2.47. The Morgan fingerprint density at radius 2 is 2.24 bits per heavy atom. The monoisotopic (exact) mass is 302 g/mol. The van der Waals surface area contributed by atoms with Crippen LogP contribution in [0.25, 0.3) is 10.8 Å². The molecule has 1 aromatic carbocycles. The molecule has 0 aliphatic heterocycles. The van der Waals surface area contributed by atoms with E-state index in [9.17, 15) is 9.18 Å². The minimum absolute atomic E-state index is 0.146. The number of hydrogen-bond acceptors (Lipinski definition) is 4. The summed E-state index contributed by atoms with van der Waals surface area (Å²) >= 11 is 1.29. The summed E-state index contributed by atoms with van der Waals surface area (Å²) in [5.74, 6) is -0.329. The lowest BCUT2D eigenvalue weighted by atomic mass is 10.2. The Labute approximate surface area is 124 Å². The molecule has 0 aliphatic carbocycles. The summed E-state index contributed by atoms with van der Waals surface area (Å²) in [4.78, 5) is 16.3. The summed E-state index contributed by atoms with van der Waals surface area (Å²) in [6.07, 6.45) is 1.54. The number of amides is 1. The molecule has 0 spiro atoms. The van der Waals surface area contributed by atoms with Gasteiger partial charge in [0.1, 0.15) is 11.5 Å². The van der Waals surface area contributed by atoms with Crippen molar-refractivity contribution in [1.29, 1.82) is 0 Å². The van der Waals surface area contributed by atoms with Crippen LogP contribution < -0.4 is 5.32 Å². The quantitative estimate of drug-likeness (QED) is 0.792. The number of anilines is 1. The molecule has 1 N–H and O–H groups in total. The molecule has 0 atom stereocenters. The van der Waals surface area contributed by atoms with E-state index in [1.807, 2.05) is 6.92 Å². The van der Waals surface area contributed by atoms with Gasteiger partial charge < -0.3 is 9.73 Å². The fourth-order valence-electron chi connectivity index (χ4n) is 1.81. The van der Waals surface area contributed by atoms with Gasteiger partial charge in [0.05, 0.1) is 12.0 Å². The van der Waals surface area contributed by atoms with Crippen LogP contribution in [0.3, 0.4) is 0 Å². The highest BCUT2D eigenvalue weighted by atomic mass is 32.1. The molecule has 0 aliphatic rings. The summed E-state index contributed by atoms with van der Waals surface area (Å²) in [7, 11) is 0. The van der Waals surface area contributed by atoms with Gasteiger partial charge >= 0.3 is 0 Å². The highest BCUT2D eigenvalue weighted by Crippen LogP contribution is 2.24. The normalized spacial score (nSPS) is 10.6. The van der Waals surface area contributed by atoms with Crippen molar-refractivity contribution in [1.82, 2.24) is 4.98 Å². The number of hydrogen-bond donors (Lipinski definition) is 1. The second-order valence-corrected chi connectivity index (χ2v) is 5.31. The van der Waals surface area contributed by atoms with Gasteiger partial charge in [0.2, 0.25) is 0 Å². The molecule has 0 radical (unpaired) electrons. The van der Waals surface area contributed by atoms with Crippen molar-refractivity contribution in [2.45, 2.75) is 6.92 Å². The number of aromatic nitrogens is 1. The topological polar surface area (TPSA) is 55.1 Å². The molecule has 0 saturated heterocycles. The predicted octanol–water partition coefficient (Wildman–Crippen LogP) is 4.10. The van der Waals surface area contributed by atoms with Crippen LogP contribution in [-0.2, 0) is 0 Å². The number of rotatable bonds is 3. The zero-order chi connectivity index (χ0) is 14.8. The minimum Gasteiger partial charge on any atom is -0.462 e. The summed E-state index contributed by atoms with van der Waals surface area (Å²) in [5, 5.41) is 4.74. The van der Waals surface area contributed by atoms with E-state index in [0.29, 0.717) is 10.8 Å². The maximum absolute atomic E-state index is 13.6. The van der Waals surface area contributed by atoms with Crippen LogP contribution in [0.2, 0.25) is 0 Å². The zero-order valence-corrected chi connectivity index (χ0v) is 11.9. The zero-order valence-electron chi connectivity index (χ0n) is 11.1. The smallest absolute Gasteiger partial charge is 0.275 e. The van der Waals surface area contributed by atoms with Crippen molar-refractivity contribution < 1.29 is 13.6 Å². The standard InChI is InChI=1S/C15H11FN2O2S/c1-9-4-5-10(16)11(7-9)17-14(19)12-8-21-15(18-12)13-3-2-6-20-13/h2-8H,1H3,(H,17,19). The number of carbonyl (C=O) groups is 1. The molecular weight excluding hydrogens is 291 g/mol. The van der Waals surface area contributed by atoms with Gasteiger partial charge in [-0.2, -0.15) is 0 Å². The number of benzene rings is 1. The van der Waals surface area contributed by atoms with E-state index in [-0.39, 0.29) is 11.4 Å². The van der Waals surface area contributed by atoms with Crippen LogP contribution >= 0.6 is 11.3 Å². The van der Waals surface area contributed by atoms with Gasteiger partial charge in [-0.1, -0.05) is 6.07 Å². The molecule has 106 valence electrons. The third-order valence-electron chi connectivity index (χ3n) is 2.84. The van der Waals surface area contributed by atoms with E-state index in [1.165, 1.54) is 17.4 Å². The van der Waals surface area contributed by atoms with Crippen molar-refractivity contribution in [3.8, 4) is 10.8 Å². The Morgan fingerprint density at radius 1 is 1.38 bits per heavy atom. The molecule has 0 bridgehead atoms. The summed E-state index contributed by atoms with van der Waals surface area (Å²) in [6, 6.07) is 8.05. The summed E-state index contributed by atoms with van der Waals surface area (Å²) < 4.78 is 18.8. The first-order chi connectivity index (χ1) is 10.1. The molecule has 6 heteroatoms. The molecule has 2 aromatic heterocycles. The maximum Gasteiger partial charge on any atom is 0.275 e. The van der Waals surface area contributed by atoms with E-state index in [2.05, 4.69) is 10.3 Å². The highest BCUT2D eigenvalue weighted by molar-refractivity contribution is 7.13. The van der Waals surface area contributed by atoms with Crippen LogP contribution in [0.15, 0.2) is 46.4 Å². The van der Waals surface area contributed by atoms with E-state index >= 15 is 0 Å². The first kappa shape index (κ1) is 13.5. The number of thiazole rings is 1. The fourth-order valence-corrected chi connectivity index (χ4v) is 2.58. The van der Waals surface area contributed by atoms with Crippen LogP contribution in [-0.4, -0.2) is 10.9 Å². The second kappa shape index (κ2) is 5.49. The third-order valence-corrected chi connectivity index (χ3v) is 3.70. The predicted molar refractivity (Wildman–Crippen MR) is 78.9 cm³/mol. The van der Waals surface area contributed by atoms with Crippen LogP contribution in [0.1, 0.15) is 16.1 Å². The molecular formula is C15H11FN2O2S. The largest absolute Gasteiger partial charge is 0.462 e. The third kappa shape index (κ3) is 2.85. The van der Waals surface area contributed by atoms with Crippen molar-refractivity contribution in [3.63, 3.8) is 0 Å². The molecule has 21 heavy (non-hydrogen) atoms. The van der Waals surface area contributed by atoms with Gasteiger partial charge in [0.25, 0.3) is 5.91 Å². The molecule has 3 rings (SSSR count). The molecule has 0 fully saturated rings. The van der Waals surface area contributed by atoms with Gasteiger partial charge in [-0.3, -0.25) is 4.79 Å². The van der Waals surface area contributed by atoms with Crippen molar-refractivity contribution >= 4 is 22.9 Å². The maximum atomic E-state index is 13.6. The Kier molecular flexibility index (Phi) is 3.53. The van der Waals surface area contributed by atoms with Gasteiger partial charge in [0.15, 0.2) is 10.8 Å². The average molecular weight is 302 g/mol. The van der Waals surface area contributed by atoms with Gasteiger partial charge in [0, 0.05) is 5.38 Å². The Balaban J connectivity index is 1.81. The van der Waals surface area contributed by atoms with E-state index in [4.69, 9.17) is 4.42 Å². The number of nitrogens with zero attached hydrogens (tertiary/aromatic N) is 1. The lowest BCUT2D eigenvalue weighted by Gasteiger charge is -2.05. The highest BCUT2D eigenvalue weighted by Gasteiger charge is 2.15.